The minimum absolute atomic E-state index is 0.0739. The van der Waals surface area contributed by atoms with E-state index in [0.29, 0.717) is 25.2 Å². The summed E-state index contributed by atoms with van der Waals surface area (Å²) < 4.78 is 0. The quantitative estimate of drug-likeness (QED) is 0.776. The molecule has 126 valence electrons. The minimum atomic E-state index is -2.01. The third kappa shape index (κ3) is 3.15. The lowest BCUT2D eigenvalue weighted by Crippen LogP contribution is -2.52. The van der Waals surface area contributed by atoms with Gasteiger partial charge in [-0.05, 0) is 19.1 Å². The monoisotopic (exact) mass is 346 g/mol. The van der Waals surface area contributed by atoms with Crippen molar-refractivity contribution in [3.05, 3.63) is 40.3 Å². The number of rotatable bonds is 5. The summed E-state index contributed by atoms with van der Waals surface area (Å²) in [4.78, 5) is 26.2. The smallest absolute Gasteiger partial charge is 0.268 e. The molecule has 2 aromatic rings. The van der Waals surface area contributed by atoms with Gasteiger partial charge in [0, 0.05) is 31.6 Å². The number of aliphatic hydroxyl groups is 1. The Bertz CT molecular complexity index is 749. The number of hydrogen-bond donors (Lipinski definition) is 2. The number of amides is 2. The lowest BCUT2D eigenvalue weighted by atomic mass is 10.0. The second kappa shape index (κ2) is 6.66. The van der Waals surface area contributed by atoms with Crippen LogP contribution in [0.1, 0.15) is 16.4 Å². The largest absolute Gasteiger partial charge is 0.372 e. The highest BCUT2D eigenvalue weighted by Gasteiger charge is 2.51. The molecule has 1 atom stereocenters. The Balaban J connectivity index is 1.61. The number of nitrogens with one attached hydrogen (secondary N) is 1. The van der Waals surface area contributed by atoms with Crippen LogP contribution in [-0.4, -0.2) is 45.8 Å². The van der Waals surface area contributed by atoms with Crippen molar-refractivity contribution in [3.8, 4) is 0 Å². The van der Waals surface area contributed by atoms with E-state index >= 15 is 0 Å². The van der Waals surface area contributed by atoms with Crippen LogP contribution in [0.5, 0.6) is 0 Å². The van der Waals surface area contributed by atoms with E-state index in [0.717, 1.165) is 10.0 Å². The number of carbonyl (C=O) groups is 2. The van der Waals surface area contributed by atoms with Crippen LogP contribution in [0.3, 0.4) is 0 Å². The van der Waals surface area contributed by atoms with Crippen molar-refractivity contribution in [2.75, 3.05) is 18.0 Å². The fourth-order valence-electron chi connectivity index (χ4n) is 2.64. The van der Waals surface area contributed by atoms with E-state index in [2.05, 4.69) is 15.5 Å². The molecule has 1 aromatic carbocycles. The number of aromatic nitrogens is 2. The molecule has 2 amide bonds. The predicted molar refractivity (Wildman–Crippen MR) is 89.7 cm³/mol. The van der Waals surface area contributed by atoms with Gasteiger partial charge in [0.15, 0.2) is 0 Å². The van der Waals surface area contributed by atoms with E-state index < -0.39 is 17.4 Å². The number of carbonyl (C=O) groups excluding carboxylic acids is 2. The van der Waals surface area contributed by atoms with Crippen molar-refractivity contribution in [1.82, 2.24) is 15.5 Å². The predicted octanol–water partition coefficient (Wildman–Crippen LogP) is 0.673. The van der Waals surface area contributed by atoms with Crippen molar-refractivity contribution < 1.29 is 14.7 Å². The Kier molecular flexibility index (Phi) is 4.59. The Morgan fingerprint density at radius 2 is 2.12 bits per heavy atom. The molecule has 24 heavy (non-hydrogen) atoms. The van der Waals surface area contributed by atoms with Gasteiger partial charge in [-0.1, -0.05) is 18.2 Å². The Labute approximate surface area is 143 Å². The fraction of sp³-hybridized carbons (Fsp3) is 0.375. The Morgan fingerprint density at radius 1 is 1.38 bits per heavy atom. The van der Waals surface area contributed by atoms with E-state index in [9.17, 15) is 14.7 Å². The maximum atomic E-state index is 12.5. The molecule has 0 saturated carbocycles. The number of aryl methyl sites for hydroxylation is 1. The van der Waals surface area contributed by atoms with Crippen molar-refractivity contribution in [2.45, 2.75) is 25.4 Å². The summed E-state index contributed by atoms with van der Waals surface area (Å²) in [6.07, 6.45) is 0.592. The van der Waals surface area contributed by atoms with Crippen LogP contribution in [0, 0.1) is 6.92 Å². The van der Waals surface area contributed by atoms with E-state index in [1.165, 1.54) is 16.2 Å². The van der Waals surface area contributed by atoms with Crippen molar-refractivity contribution in [3.63, 3.8) is 0 Å². The van der Waals surface area contributed by atoms with Gasteiger partial charge in [-0.25, -0.2) is 0 Å². The summed E-state index contributed by atoms with van der Waals surface area (Å²) >= 11 is 1.46. The number of anilines is 1. The molecule has 0 radical (unpaired) electrons. The van der Waals surface area contributed by atoms with Crippen LogP contribution < -0.4 is 10.2 Å². The summed E-state index contributed by atoms with van der Waals surface area (Å²) in [5.41, 5.74) is -1.33. The highest BCUT2D eigenvalue weighted by atomic mass is 32.1. The second-order valence-corrected chi connectivity index (χ2v) is 6.89. The zero-order valence-electron chi connectivity index (χ0n) is 13.2. The van der Waals surface area contributed by atoms with Crippen molar-refractivity contribution in [2.24, 2.45) is 0 Å². The molecule has 7 nitrogen and oxygen atoms in total. The maximum absolute atomic E-state index is 12.5. The zero-order chi connectivity index (χ0) is 17.2. The lowest BCUT2D eigenvalue weighted by Gasteiger charge is -2.21. The van der Waals surface area contributed by atoms with E-state index in [-0.39, 0.29) is 6.42 Å². The number of benzene rings is 1. The van der Waals surface area contributed by atoms with Crippen LogP contribution in [0.25, 0.3) is 0 Å². The molecular weight excluding hydrogens is 328 g/mol. The molecule has 1 saturated heterocycles. The average Bonchev–Trinajstić information content (AvgIpc) is 3.13. The summed E-state index contributed by atoms with van der Waals surface area (Å²) in [6, 6.07) is 9.02. The van der Waals surface area contributed by atoms with E-state index in [4.69, 9.17) is 0 Å². The SMILES string of the molecule is Cc1nnc(CCNC(=O)C2(O)CCN(c3ccccc3)C2=O)s1. The molecular formula is C16H18N4O3S. The van der Waals surface area contributed by atoms with Gasteiger partial charge in [0.1, 0.15) is 10.0 Å². The van der Waals surface area contributed by atoms with Gasteiger partial charge in [0.05, 0.1) is 0 Å². The van der Waals surface area contributed by atoms with Gasteiger partial charge in [-0.3, -0.25) is 9.59 Å². The number of nitrogens with zero attached hydrogens (tertiary/aromatic N) is 3. The molecule has 1 unspecified atom stereocenters. The zero-order valence-corrected chi connectivity index (χ0v) is 14.0. The molecule has 3 rings (SSSR count). The third-order valence-electron chi connectivity index (χ3n) is 3.93. The van der Waals surface area contributed by atoms with Gasteiger partial charge in [-0.2, -0.15) is 0 Å². The highest BCUT2D eigenvalue weighted by Crippen LogP contribution is 2.28. The van der Waals surface area contributed by atoms with Gasteiger partial charge in [-0.15, -0.1) is 21.5 Å². The average molecular weight is 346 g/mol. The molecule has 1 aliphatic rings. The Morgan fingerprint density at radius 3 is 2.79 bits per heavy atom. The molecule has 0 bridgehead atoms. The highest BCUT2D eigenvalue weighted by molar-refractivity contribution is 7.11. The molecule has 0 aliphatic carbocycles. The molecule has 1 aromatic heterocycles. The lowest BCUT2D eigenvalue weighted by molar-refractivity contribution is -0.149. The van der Waals surface area contributed by atoms with Gasteiger partial charge >= 0.3 is 0 Å². The van der Waals surface area contributed by atoms with Crippen LogP contribution in [0.15, 0.2) is 30.3 Å². The minimum Gasteiger partial charge on any atom is -0.372 e. The first kappa shape index (κ1) is 16.5. The first-order valence-corrected chi connectivity index (χ1v) is 8.49. The summed E-state index contributed by atoms with van der Waals surface area (Å²) in [5, 5.41) is 22.7. The number of para-hydroxylation sites is 1. The Hall–Kier alpha value is -2.32. The molecule has 2 N–H and O–H groups in total. The fourth-order valence-corrected chi connectivity index (χ4v) is 3.35. The van der Waals surface area contributed by atoms with Gasteiger partial charge in [0.25, 0.3) is 11.8 Å². The molecule has 1 fully saturated rings. The van der Waals surface area contributed by atoms with Crippen LogP contribution in [-0.2, 0) is 16.0 Å². The van der Waals surface area contributed by atoms with Crippen molar-refractivity contribution in [1.29, 1.82) is 0 Å². The molecule has 1 aliphatic heterocycles. The van der Waals surface area contributed by atoms with E-state index in [1.54, 1.807) is 12.1 Å². The molecule has 2 heterocycles. The second-order valence-electron chi connectivity index (χ2n) is 5.62. The third-order valence-corrected chi connectivity index (χ3v) is 4.83. The molecule has 8 heteroatoms. The van der Waals surface area contributed by atoms with E-state index in [1.807, 2.05) is 25.1 Å². The summed E-state index contributed by atoms with van der Waals surface area (Å²) in [6.45, 7) is 2.47. The van der Waals surface area contributed by atoms with Crippen molar-refractivity contribution >= 4 is 28.8 Å². The summed E-state index contributed by atoms with van der Waals surface area (Å²) in [7, 11) is 0. The standard InChI is InChI=1S/C16H18N4O3S/c1-11-18-19-13(24-11)7-9-17-14(21)16(23)8-10-20(15(16)22)12-5-3-2-4-6-12/h2-6,23H,7-10H2,1H3,(H,17,21). The van der Waals surface area contributed by atoms with Crippen LogP contribution >= 0.6 is 11.3 Å². The normalized spacial score (nSPS) is 20.4. The summed E-state index contributed by atoms with van der Waals surface area (Å²) in [5.74, 6) is -1.25. The first-order valence-electron chi connectivity index (χ1n) is 7.67. The number of hydrogen-bond acceptors (Lipinski definition) is 6. The first-order chi connectivity index (χ1) is 11.5. The van der Waals surface area contributed by atoms with Gasteiger partial charge in [0.2, 0.25) is 5.60 Å². The van der Waals surface area contributed by atoms with Crippen LogP contribution in [0.2, 0.25) is 0 Å². The maximum Gasteiger partial charge on any atom is 0.268 e. The van der Waals surface area contributed by atoms with Gasteiger partial charge < -0.3 is 15.3 Å². The topological polar surface area (TPSA) is 95.4 Å². The van der Waals surface area contributed by atoms with Crippen LogP contribution in [0.4, 0.5) is 5.69 Å². The molecule has 0 spiro atoms.